The highest BCUT2D eigenvalue weighted by Gasteiger charge is 2.20. The Hall–Kier alpha value is -0.880. The molecule has 0 fully saturated rings. The molecule has 1 rings (SSSR count). The second-order valence-electron chi connectivity index (χ2n) is 3.60. The fraction of sp³-hybridized carbons (Fsp3) is 0.308. The normalized spacial score (nSPS) is 13.3. The Kier molecular flexibility index (Phi) is 5.64. The van der Waals surface area contributed by atoms with Gasteiger partial charge in [0.2, 0.25) is 0 Å². The molecule has 1 N–H and O–H groups in total. The van der Waals surface area contributed by atoms with Gasteiger partial charge in [-0.2, -0.15) is 0 Å². The van der Waals surface area contributed by atoms with Gasteiger partial charge in [-0.3, -0.25) is 0 Å². The number of carbonyl (C=O) groups is 1. The Morgan fingerprint density at radius 3 is 2.53 bits per heavy atom. The lowest BCUT2D eigenvalue weighted by Gasteiger charge is -2.13. The second-order valence-corrected chi connectivity index (χ2v) is 4.22. The quantitative estimate of drug-likeness (QED) is 0.518. The van der Waals surface area contributed by atoms with E-state index in [4.69, 9.17) is 4.74 Å². The zero-order valence-corrected chi connectivity index (χ0v) is 12.0. The first-order chi connectivity index (χ1) is 8.10. The van der Waals surface area contributed by atoms with Crippen LogP contribution in [0, 0.1) is 6.92 Å². The van der Waals surface area contributed by atoms with Gasteiger partial charge in [0.25, 0.3) is 0 Å². The fourth-order valence-corrected chi connectivity index (χ4v) is 1.95. The van der Waals surface area contributed by atoms with Crippen molar-refractivity contribution in [2.24, 2.45) is 0 Å². The number of hydrogen-bond donors (Lipinski definition) is 1. The third-order valence-electron chi connectivity index (χ3n) is 2.32. The Labute approximate surface area is 115 Å². The Bertz CT molecular complexity index is 409. The number of rotatable bonds is 4. The summed E-state index contributed by atoms with van der Waals surface area (Å²) in [6.07, 6.45) is -0.938. The first-order valence-corrected chi connectivity index (χ1v) is 6.56. The van der Waals surface area contributed by atoms with Crippen LogP contribution in [0.5, 0.6) is 0 Å². The molecule has 0 radical (unpaired) electrons. The van der Waals surface area contributed by atoms with Gasteiger partial charge in [0.05, 0.1) is 12.2 Å². The van der Waals surface area contributed by atoms with Crippen LogP contribution >= 0.6 is 22.6 Å². The smallest absolute Gasteiger partial charge is 0.337 e. The molecule has 17 heavy (non-hydrogen) atoms. The van der Waals surface area contributed by atoms with E-state index in [2.05, 4.69) is 0 Å². The summed E-state index contributed by atoms with van der Waals surface area (Å²) in [7, 11) is 0. The van der Waals surface area contributed by atoms with Crippen molar-refractivity contribution in [1.29, 1.82) is 0 Å². The molecule has 1 aromatic rings. The third kappa shape index (κ3) is 3.81. The maximum Gasteiger partial charge on any atom is 0.337 e. The van der Waals surface area contributed by atoms with Gasteiger partial charge in [0.15, 0.2) is 0 Å². The monoisotopic (exact) mass is 346 g/mol. The highest BCUT2D eigenvalue weighted by Crippen LogP contribution is 2.24. The van der Waals surface area contributed by atoms with E-state index >= 15 is 0 Å². The SMILES string of the molecule is CCOC(=O)/C(=C/I)C(O)c1ccc(C)cc1. The minimum absolute atomic E-state index is 0.260. The van der Waals surface area contributed by atoms with Gasteiger partial charge in [0, 0.05) is 0 Å². The van der Waals surface area contributed by atoms with E-state index in [1.54, 1.807) is 23.1 Å². The number of benzene rings is 1. The molecule has 0 heterocycles. The molecule has 1 aromatic carbocycles. The number of ether oxygens (including phenoxy) is 1. The topological polar surface area (TPSA) is 46.5 Å². The van der Waals surface area contributed by atoms with Crippen molar-refractivity contribution in [1.82, 2.24) is 0 Å². The number of aryl methyl sites for hydroxylation is 1. The molecule has 0 saturated carbocycles. The van der Waals surface area contributed by atoms with Gasteiger partial charge in [0.1, 0.15) is 6.10 Å². The first-order valence-electron chi connectivity index (χ1n) is 5.32. The van der Waals surface area contributed by atoms with Gasteiger partial charge in [-0.1, -0.05) is 52.4 Å². The van der Waals surface area contributed by atoms with Crippen LogP contribution in [0.3, 0.4) is 0 Å². The Morgan fingerprint density at radius 2 is 2.06 bits per heavy atom. The predicted octanol–water partition coefficient (Wildman–Crippen LogP) is 2.91. The number of carbonyl (C=O) groups excluding carboxylic acids is 1. The molecule has 3 nitrogen and oxygen atoms in total. The van der Waals surface area contributed by atoms with Gasteiger partial charge < -0.3 is 9.84 Å². The number of esters is 1. The zero-order valence-electron chi connectivity index (χ0n) is 9.81. The highest BCUT2D eigenvalue weighted by molar-refractivity contribution is 14.1. The molecule has 0 bridgehead atoms. The summed E-state index contributed by atoms with van der Waals surface area (Å²) in [6.45, 7) is 4.00. The van der Waals surface area contributed by atoms with Gasteiger partial charge in [-0.15, -0.1) is 0 Å². The minimum Gasteiger partial charge on any atom is -0.463 e. The molecule has 0 amide bonds. The maximum atomic E-state index is 11.6. The van der Waals surface area contributed by atoms with Crippen molar-refractivity contribution in [3.05, 3.63) is 45.0 Å². The van der Waals surface area contributed by atoms with Crippen LogP contribution in [0.25, 0.3) is 0 Å². The summed E-state index contributed by atoms with van der Waals surface area (Å²) in [5.41, 5.74) is 2.06. The van der Waals surface area contributed by atoms with Crippen LogP contribution in [0.15, 0.2) is 33.9 Å². The van der Waals surface area contributed by atoms with Crippen LogP contribution in [0.2, 0.25) is 0 Å². The highest BCUT2D eigenvalue weighted by atomic mass is 127. The summed E-state index contributed by atoms with van der Waals surface area (Å²) in [5, 5.41) is 10.1. The van der Waals surface area contributed by atoms with Crippen molar-refractivity contribution in [2.75, 3.05) is 6.61 Å². The van der Waals surface area contributed by atoms with Gasteiger partial charge in [-0.05, 0) is 23.5 Å². The molecule has 1 atom stereocenters. The first kappa shape index (κ1) is 14.2. The summed E-state index contributed by atoms with van der Waals surface area (Å²) >= 11 is 1.93. The fourth-order valence-electron chi connectivity index (χ4n) is 1.36. The van der Waals surface area contributed by atoms with E-state index in [0.717, 1.165) is 5.56 Å². The summed E-state index contributed by atoms with van der Waals surface area (Å²) in [5.74, 6) is -0.477. The molecular formula is C13H15IO3. The Morgan fingerprint density at radius 1 is 1.47 bits per heavy atom. The molecule has 1 unspecified atom stereocenters. The largest absolute Gasteiger partial charge is 0.463 e. The van der Waals surface area contributed by atoms with Crippen LogP contribution in [0.4, 0.5) is 0 Å². The molecule has 92 valence electrons. The predicted molar refractivity (Wildman–Crippen MR) is 74.9 cm³/mol. The zero-order chi connectivity index (χ0) is 12.8. The van der Waals surface area contributed by atoms with Gasteiger partial charge in [-0.25, -0.2) is 4.79 Å². The molecule has 4 heteroatoms. The molecule has 0 aliphatic heterocycles. The molecular weight excluding hydrogens is 331 g/mol. The average molecular weight is 346 g/mol. The van der Waals surface area contributed by atoms with E-state index in [1.807, 2.05) is 41.6 Å². The standard InChI is InChI=1S/C13H15IO3/c1-3-17-13(16)11(8-14)12(15)10-6-4-9(2)5-7-10/h4-8,12,15H,3H2,1-2H3/b11-8+. The van der Waals surface area contributed by atoms with Crippen molar-refractivity contribution in [2.45, 2.75) is 20.0 Å². The molecule has 0 spiro atoms. The van der Waals surface area contributed by atoms with Crippen LogP contribution in [0.1, 0.15) is 24.2 Å². The number of aliphatic hydroxyl groups excluding tert-OH is 1. The lowest BCUT2D eigenvalue weighted by Crippen LogP contribution is -2.14. The lowest BCUT2D eigenvalue weighted by molar-refractivity contribution is -0.139. The van der Waals surface area contributed by atoms with E-state index in [-0.39, 0.29) is 5.57 Å². The van der Waals surface area contributed by atoms with Crippen molar-refractivity contribution >= 4 is 28.6 Å². The summed E-state index contributed by atoms with van der Waals surface area (Å²) < 4.78 is 6.45. The minimum atomic E-state index is -0.938. The number of aliphatic hydroxyl groups is 1. The van der Waals surface area contributed by atoms with Crippen LogP contribution in [-0.4, -0.2) is 17.7 Å². The number of halogens is 1. The van der Waals surface area contributed by atoms with Crippen LogP contribution < -0.4 is 0 Å². The maximum absolute atomic E-state index is 11.6. The second kappa shape index (κ2) is 6.76. The van der Waals surface area contributed by atoms with Crippen molar-refractivity contribution in [3.8, 4) is 0 Å². The number of hydrogen-bond acceptors (Lipinski definition) is 3. The third-order valence-corrected chi connectivity index (χ3v) is 2.99. The van der Waals surface area contributed by atoms with E-state index < -0.39 is 12.1 Å². The van der Waals surface area contributed by atoms with E-state index in [9.17, 15) is 9.90 Å². The lowest BCUT2D eigenvalue weighted by atomic mass is 10.0. The summed E-state index contributed by atoms with van der Waals surface area (Å²) in [6, 6.07) is 7.40. The molecule has 0 saturated heterocycles. The van der Waals surface area contributed by atoms with Crippen molar-refractivity contribution in [3.63, 3.8) is 0 Å². The summed E-state index contributed by atoms with van der Waals surface area (Å²) in [4.78, 5) is 11.6. The van der Waals surface area contributed by atoms with Gasteiger partial charge >= 0.3 is 5.97 Å². The van der Waals surface area contributed by atoms with E-state index in [1.165, 1.54) is 0 Å². The average Bonchev–Trinajstić information content (AvgIpc) is 2.31. The molecule has 0 aliphatic rings. The Balaban J connectivity index is 2.90. The van der Waals surface area contributed by atoms with Crippen molar-refractivity contribution < 1.29 is 14.6 Å². The van der Waals surface area contributed by atoms with Crippen LogP contribution in [-0.2, 0) is 9.53 Å². The van der Waals surface area contributed by atoms with E-state index in [0.29, 0.717) is 12.2 Å². The molecule has 0 aromatic heterocycles. The molecule has 0 aliphatic carbocycles.